The van der Waals surface area contributed by atoms with Gasteiger partial charge in [-0.1, -0.05) is 36.4 Å². The fourth-order valence-corrected chi connectivity index (χ4v) is 2.62. The van der Waals surface area contributed by atoms with E-state index < -0.39 is 11.8 Å². The molecule has 0 aromatic heterocycles. The van der Waals surface area contributed by atoms with Crippen LogP contribution in [0.4, 0.5) is 11.4 Å². The molecule has 0 saturated heterocycles. The van der Waals surface area contributed by atoms with E-state index in [1.165, 1.54) is 0 Å². The Bertz CT molecular complexity index is 933. The lowest BCUT2D eigenvalue weighted by Gasteiger charge is -2.12. The highest BCUT2D eigenvalue weighted by molar-refractivity contribution is 9.10. The van der Waals surface area contributed by atoms with E-state index in [4.69, 9.17) is 11.6 Å². The molecule has 0 radical (unpaired) electrons. The highest BCUT2D eigenvalue weighted by Crippen LogP contribution is 2.21. The Morgan fingerprint density at radius 2 is 1.75 bits per heavy atom. The molecule has 0 spiro atoms. The van der Waals surface area contributed by atoms with Gasteiger partial charge in [-0.05, 0) is 52.7 Å². The van der Waals surface area contributed by atoms with Gasteiger partial charge in [-0.2, -0.15) is 0 Å². The third-order valence-corrected chi connectivity index (χ3v) is 4.61. The number of nitrogens with one attached hydrogen (secondary N) is 4. The largest absolute Gasteiger partial charge is 0.327 e. The van der Waals surface area contributed by atoms with E-state index in [-0.39, 0.29) is 18.0 Å². The summed E-state index contributed by atoms with van der Waals surface area (Å²) in [5.41, 5.74) is 6.70. The van der Waals surface area contributed by atoms with Crippen molar-refractivity contribution in [3.8, 4) is 0 Å². The SMILES string of the molecule is C=C(CC(=O)Nc1ccccc1Br)NNC(=O)C(=O)Nc1ccc(C)c(Cl)c1. The van der Waals surface area contributed by atoms with Crippen LogP contribution in [0.25, 0.3) is 0 Å². The van der Waals surface area contributed by atoms with Crippen LogP contribution in [0.15, 0.2) is 59.2 Å². The lowest BCUT2D eigenvalue weighted by molar-refractivity contribution is -0.136. The number of carbonyl (C=O) groups excluding carboxylic acids is 3. The molecule has 2 rings (SSSR count). The smallest absolute Gasteiger partial charge is 0.325 e. The van der Waals surface area contributed by atoms with E-state index in [1.54, 1.807) is 36.4 Å². The predicted molar refractivity (Wildman–Crippen MR) is 113 cm³/mol. The Morgan fingerprint density at radius 3 is 2.43 bits per heavy atom. The Morgan fingerprint density at radius 1 is 1.04 bits per heavy atom. The fourth-order valence-electron chi connectivity index (χ4n) is 2.06. The zero-order valence-corrected chi connectivity index (χ0v) is 17.3. The van der Waals surface area contributed by atoms with Crippen LogP contribution >= 0.6 is 27.5 Å². The van der Waals surface area contributed by atoms with Gasteiger partial charge in [0.1, 0.15) is 0 Å². The summed E-state index contributed by atoms with van der Waals surface area (Å²) in [6.45, 7) is 5.47. The molecule has 4 N–H and O–H groups in total. The van der Waals surface area contributed by atoms with Crippen LogP contribution in [0.2, 0.25) is 5.02 Å². The zero-order valence-electron chi connectivity index (χ0n) is 14.9. The van der Waals surface area contributed by atoms with Crippen molar-refractivity contribution in [3.63, 3.8) is 0 Å². The molecular formula is C19H18BrClN4O3. The van der Waals surface area contributed by atoms with Crippen molar-refractivity contribution >= 4 is 56.6 Å². The van der Waals surface area contributed by atoms with Crippen molar-refractivity contribution in [2.75, 3.05) is 10.6 Å². The minimum Gasteiger partial charge on any atom is -0.325 e. The molecule has 0 aliphatic heterocycles. The minimum absolute atomic E-state index is 0.100. The van der Waals surface area contributed by atoms with Crippen molar-refractivity contribution in [3.05, 3.63) is 69.8 Å². The van der Waals surface area contributed by atoms with Crippen molar-refractivity contribution in [2.24, 2.45) is 0 Å². The standard InChI is InChI=1S/C19H18BrClN4O3/c1-11-7-8-13(10-15(11)21)22-18(27)19(28)25-24-12(2)9-17(26)23-16-6-4-3-5-14(16)20/h3-8,10,24H,2,9H2,1H3,(H,22,27)(H,23,26)(H,25,28). The lowest BCUT2D eigenvalue weighted by Crippen LogP contribution is -2.43. The van der Waals surface area contributed by atoms with E-state index in [0.717, 1.165) is 10.0 Å². The maximum Gasteiger partial charge on any atom is 0.327 e. The topological polar surface area (TPSA) is 99.3 Å². The Balaban J connectivity index is 1.78. The molecule has 0 fully saturated rings. The molecular weight excluding hydrogens is 448 g/mol. The van der Waals surface area contributed by atoms with Crippen LogP contribution in [0.5, 0.6) is 0 Å². The molecule has 0 aliphatic rings. The molecule has 7 nitrogen and oxygen atoms in total. The van der Waals surface area contributed by atoms with Crippen LogP contribution < -0.4 is 21.5 Å². The number of hydrogen-bond donors (Lipinski definition) is 4. The maximum atomic E-state index is 12.0. The van der Waals surface area contributed by atoms with Crippen LogP contribution in [-0.2, 0) is 14.4 Å². The summed E-state index contributed by atoms with van der Waals surface area (Å²) in [5, 5.41) is 5.60. The summed E-state index contributed by atoms with van der Waals surface area (Å²) in [4.78, 5) is 35.8. The van der Waals surface area contributed by atoms with E-state index in [0.29, 0.717) is 16.4 Å². The Labute approximate surface area is 175 Å². The summed E-state index contributed by atoms with van der Waals surface area (Å²) in [7, 11) is 0. The predicted octanol–water partition coefficient (Wildman–Crippen LogP) is 3.51. The number of aryl methyl sites for hydroxylation is 1. The highest BCUT2D eigenvalue weighted by Gasteiger charge is 2.15. The molecule has 2 aromatic rings. The zero-order chi connectivity index (χ0) is 20.7. The van der Waals surface area contributed by atoms with Crippen molar-refractivity contribution in [2.45, 2.75) is 13.3 Å². The number of benzene rings is 2. The molecule has 0 aliphatic carbocycles. The van der Waals surface area contributed by atoms with Gasteiger partial charge in [-0.15, -0.1) is 0 Å². The summed E-state index contributed by atoms with van der Waals surface area (Å²) in [5.74, 6) is -2.17. The normalized spacial score (nSPS) is 9.96. The number of amides is 3. The first-order valence-corrected chi connectivity index (χ1v) is 9.29. The summed E-state index contributed by atoms with van der Waals surface area (Å²) < 4.78 is 0.739. The summed E-state index contributed by atoms with van der Waals surface area (Å²) in [6, 6.07) is 12.0. The van der Waals surface area contributed by atoms with Gasteiger partial charge in [-0.25, -0.2) is 0 Å². The Kier molecular flexibility index (Phi) is 7.60. The van der Waals surface area contributed by atoms with Gasteiger partial charge in [0.25, 0.3) is 0 Å². The average molecular weight is 466 g/mol. The second-order valence-electron chi connectivity index (χ2n) is 5.81. The van der Waals surface area contributed by atoms with Crippen LogP contribution in [0, 0.1) is 6.92 Å². The summed E-state index contributed by atoms with van der Waals surface area (Å²) in [6.07, 6.45) is -0.100. The van der Waals surface area contributed by atoms with Gasteiger partial charge in [-0.3, -0.25) is 19.8 Å². The molecule has 0 bridgehead atoms. The fraction of sp³-hybridized carbons (Fsp3) is 0.105. The molecule has 28 heavy (non-hydrogen) atoms. The number of carbonyl (C=O) groups is 3. The van der Waals surface area contributed by atoms with Gasteiger partial charge in [0, 0.05) is 20.9 Å². The van der Waals surface area contributed by atoms with Crippen molar-refractivity contribution in [1.29, 1.82) is 0 Å². The van der Waals surface area contributed by atoms with E-state index >= 15 is 0 Å². The summed E-state index contributed by atoms with van der Waals surface area (Å²) >= 11 is 9.31. The number of hydrazine groups is 1. The molecule has 146 valence electrons. The van der Waals surface area contributed by atoms with Gasteiger partial charge >= 0.3 is 11.8 Å². The van der Waals surface area contributed by atoms with Gasteiger partial charge in [0.15, 0.2) is 0 Å². The van der Waals surface area contributed by atoms with Crippen LogP contribution in [-0.4, -0.2) is 17.7 Å². The second kappa shape index (κ2) is 9.91. The molecule has 3 amide bonds. The van der Waals surface area contributed by atoms with E-state index in [1.807, 2.05) is 13.0 Å². The second-order valence-corrected chi connectivity index (χ2v) is 7.07. The lowest BCUT2D eigenvalue weighted by atomic mass is 10.2. The Hall–Kier alpha value is -2.84. The maximum absolute atomic E-state index is 12.0. The molecule has 2 aromatic carbocycles. The molecule has 0 atom stereocenters. The first kappa shape index (κ1) is 21.5. The highest BCUT2D eigenvalue weighted by atomic mass is 79.9. The van der Waals surface area contributed by atoms with Gasteiger partial charge in [0.2, 0.25) is 5.91 Å². The number of para-hydroxylation sites is 1. The van der Waals surface area contributed by atoms with Crippen molar-refractivity contribution in [1.82, 2.24) is 10.9 Å². The molecule has 0 unspecified atom stereocenters. The van der Waals surface area contributed by atoms with Gasteiger partial charge < -0.3 is 16.1 Å². The number of hydrogen-bond acceptors (Lipinski definition) is 4. The van der Waals surface area contributed by atoms with Gasteiger partial charge in [0.05, 0.1) is 12.1 Å². The minimum atomic E-state index is -0.941. The first-order valence-electron chi connectivity index (χ1n) is 8.12. The number of anilines is 2. The third-order valence-electron chi connectivity index (χ3n) is 3.51. The first-order chi connectivity index (χ1) is 13.3. The molecule has 0 heterocycles. The van der Waals surface area contributed by atoms with E-state index in [2.05, 4.69) is 44.0 Å². The third kappa shape index (κ3) is 6.40. The quantitative estimate of drug-likeness (QED) is 0.387. The van der Waals surface area contributed by atoms with Crippen LogP contribution in [0.3, 0.4) is 0 Å². The molecule has 9 heteroatoms. The number of rotatable bonds is 6. The number of halogens is 2. The van der Waals surface area contributed by atoms with E-state index in [9.17, 15) is 14.4 Å². The van der Waals surface area contributed by atoms with Crippen LogP contribution in [0.1, 0.15) is 12.0 Å². The monoisotopic (exact) mass is 464 g/mol. The molecule has 0 saturated carbocycles. The van der Waals surface area contributed by atoms with Crippen molar-refractivity contribution < 1.29 is 14.4 Å². The average Bonchev–Trinajstić information content (AvgIpc) is 2.64.